The monoisotopic (exact) mass is 302 g/mol. The summed E-state index contributed by atoms with van der Waals surface area (Å²) in [5.41, 5.74) is 0. The van der Waals surface area contributed by atoms with Gasteiger partial charge in [-0.2, -0.15) is 0 Å². The van der Waals surface area contributed by atoms with Crippen molar-refractivity contribution in [3.8, 4) is 0 Å². The third-order valence-corrected chi connectivity index (χ3v) is 4.52. The predicted molar refractivity (Wildman–Crippen MR) is 48.7 cm³/mol. The molecule has 0 heterocycles. The summed E-state index contributed by atoms with van der Waals surface area (Å²) in [6.45, 7) is 8.63. The van der Waals surface area contributed by atoms with E-state index in [4.69, 9.17) is 8.44 Å². The van der Waals surface area contributed by atoms with E-state index in [2.05, 4.69) is 20.8 Å². The molecular weight excluding hydrogens is 283 g/mol. The van der Waals surface area contributed by atoms with Crippen LogP contribution in [0, 0.1) is 0 Å². The summed E-state index contributed by atoms with van der Waals surface area (Å²) in [7, 11) is 0. The molecule has 0 saturated carbocycles. The van der Waals surface area contributed by atoms with Crippen LogP contribution in [0.1, 0.15) is 40.0 Å². The number of hydrogen-bond acceptors (Lipinski definition) is 3. The number of rotatable bonds is 9. The topological polar surface area (TPSA) is 27.7 Å². The zero-order chi connectivity index (χ0) is 9.94. The maximum atomic E-state index is 5.55. The van der Waals surface area contributed by atoms with Crippen molar-refractivity contribution in [1.29, 1.82) is 0 Å². The molecule has 0 aromatic carbocycles. The quantitative estimate of drug-likeness (QED) is 0.582. The van der Waals surface area contributed by atoms with Crippen LogP contribution in [0.5, 0.6) is 0 Å². The van der Waals surface area contributed by atoms with Crippen LogP contribution in [-0.2, 0) is 31.5 Å². The van der Waals surface area contributed by atoms with Gasteiger partial charge >= 0.3 is 91.4 Å². The second-order valence-corrected chi connectivity index (χ2v) is 6.15. The fourth-order valence-corrected chi connectivity index (χ4v) is 4.03. The summed E-state index contributed by atoms with van der Waals surface area (Å²) >= 11 is -2.34. The molecule has 0 radical (unpaired) electrons. The molecule has 0 amide bonds. The second kappa shape index (κ2) is 14.1. The normalized spacial score (nSPS) is 9.64. The largest absolute Gasteiger partial charge is 1.00 e. The fraction of sp³-hybridized carbons (Fsp3) is 1.00. The molecule has 5 heteroatoms. The number of halogens is 1. The van der Waals surface area contributed by atoms with E-state index >= 15 is 0 Å². The van der Waals surface area contributed by atoms with Crippen LogP contribution in [0.4, 0.5) is 0 Å². The average molecular weight is 304 g/mol. The molecule has 0 bridgehead atoms. The Morgan fingerprint density at radius 3 is 1.21 bits per heavy atom. The minimum absolute atomic E-state index is 0. The van der Waals surface area contributed by atoms with Gasteiger partial charge in [-0.3, -0.25) is 0 Å². The maximum Gasteiger partial charge on any atom is -1.00 e. The van der Waals surface area contributed by atoms with Crippen molar-refractivity contribution >= 4 is 0 Å². The molecule has 0 aromatic rings. The van der Waals surface area contributed by atoms with Crippen molar-refractivity contribution < 1.29 is 43.9 Å². The zero-order valence-corrected chi connectivity index (χ0v) is 12.6. The Bertz CT molecular complexity index is 87.0. The van der Waals surface area contributed by atoms with Gasteiger partial charge in [0.05, 0.1) is 0 Å². The maximum absolute atomic E-state index is 5.55. The van der Waals surface area contributed by atoms with Crippen LogP contribution in [0.3, 0.4) is 0 Å². The van der Waals surface area contributed by atoms with Crippen LogP contribution in [-0.4, -0.2) is 19.8 Å². The van der Waals surface area contributed by atoms with Crippen molar-refractivity contribution in [2.75, 3.05) is 19.8 Å². The minimum atomic E-state index is -2.34. The first kappa shape index (κ1) is 17.4. The van der Waals surface area contributed by atoms with Gasteiger partial charge in [0.25, 0.3) is 0 Å². The van der Waals surface area contributed by atoms with Gasteiger partial charge < -0.3 is 12.4 Å². The first-order chi connectivity index (χ1) is 6.35. The number of hydrogen-bond donors (Lipinski definition) is 0. The van der Waals surface area contributed by atoms with E-state index < -0.39 is 23.1 Å². The summed E-state index contributed by atoms with van der Waals surface area (Å²) in [6.07, 6.45) is 3.11. The molecule has 3 nitrogen and oxygen atoms in total. The smallest absolute Gasteiger partial charge is 1.00 e. The van der Waals surface area contributed by atoms with Crippen LogP contribution in [0.2, 0.25) is 0 Å². The molecular formula is C9H21ClO3Zr. The van der Waals surface area contributed by atoms with Crippen molar-refractivity contribution in [3.05, 3.63) is 0 Å². The van der Waals surface area contributed by atoms with E-state index in [-0.39, 0.29) is 12.4 Å². The SMILES string of the molecule is CCC[O][Zr+]([O]CCC)[O]CCC.[Cl-]. The van der Waals surface area contributed by atoms with Gasteiger partial charge in [-0.15, -0.1) is 0 Å². The van der Waals surface area contributed by atoms with Gasteiger partial charge in [-0.25, -0.2) is 0 Å². The van der Waals surface area contributed by atoms with E-state index in [1.165, 1.54) is 0 Å². The van der Waals surface area contributed by atoms with Crippen molar-refractivity contribution in [3.63, 3.8) is 0 Å². The third-order valence-electron chi connectivity index (χ3n) is 1.27. The van der Waals surface area contributed by atoms with Gasteiger partial charge in [0.15, 0.2) is 0 Å². The van der Waals surface area contributed by atoms with Gasteiger partial charge in [0.1, 0.15) is 0 Å². The van der Waals surface area contributed by atoms with E-state index in [0.29, 0.717) is 0 Å². The molecule has 86 valence electrons. The molecule has 0 aromatic heterocycles. The fourth-order valence-electron chi connectivity index (χ4n) is 0.681. The molecule has 14 heavy (non-hydrogen) atoms. The van der Waals surface area contributed by atoms with Crippen LogP contribution < -0.4 is 12.4 Å². The molecule has 0 N–H and O–H groups in total. The Balaban J connectivity index is 0. The molecule has 0 atom stereocenters. The predicted octanol–water partition coefficient (Wildman–Crippen LogP) is -0.367. The third kappa shape index (κ3) is 11.1. The second-order valence-electron chi connectivity index (χ2n) is 2.80. The van der Waals surface area contributed by atoms with Crippen LogP contribution in [0.15, 0.2) is 0 Å². The molecule has 0 unspecified atom stereocenters. The summed E-state index contributed by atoms with van der Waals surface area (Å²) in [6, 6.07) is 0. The molecule has 0 aliphatic rings. The van der Waals surface area contributed by atoms with Crippen LogP contribution >= 0.6 is 0 Å². The van der Waals surface area contributed by atoms with Crippen molar-refractivity contribution in [1.82, 2.24) is 0 Å². The average Bonchev–Trinajstić information content (AvgIpc) is 2.17. The van der Waals surface area contributed by atoms with E-state index in [1.807, 2.05) is 0 Å². The molecule has 0 aliphatic carbocycles. The molecule has 0 aliphatic heterocycles. The molecule has 0 spiro atoms. The summed E-state index contributed by atoms with van der Waals surface area (Å²) in [5.74, 6) is 0. The summed E-state index contributed by atoms with van der Waals surface area (Å²) < 4.78 is 16.6. The summed E-state index contributed by atoms with van der Waals surface area (Å²) in [4.78, 5) is 0. The Kier molecular flexibility index (Phi) is 17.5. The zero-order valence-electron chi connectivity index (χ0n) is 9.35. The van der Waals surface area contributed by atoms with Crippen molar-refractivity contribution in [2.45, 2.75) is 40.0 Å². The standard InChI is InChI=1S/3C3H7O.ClH.Zr/c3*1-2-3-4;;/h3*2-3H2,1H3;1H;/q3*-1;;+4/p-1. The Morgan fingerprint density at radius 1 is 0.714 bits per heavy atom. The Labute approximate surface area is 103 Å². The Morgan fingerprint density at radius 2 is 1.00 bits per heavy atom. The summed E-state index contributed by atoms with van der Waals surface area (Å²) in [5, 5.41) is 0. The van der Waals surface area contributed by atoms with Gasteiger partial charge in [-0.1, -0.05) is 0 Å². The van der Waals surface area contributed by atoms with Crippen molar-refractivity contribution in [2.24, 2.45) is 0 Å². The van der Waals surface area contributed by atoms with E-state index in [9.17, 15) is 0 Å². The molecule has 0 saturated heterocycles. The first-order valence-corrected chi connectivity index (χ1v) is 8.11. The van der Waals surface area contributed by atoms with Gasteiger partial charge in [0, 0.05) is 0 Å². The molecule has 0 fully saturated rings. The van der Waals surface area contributed by atoms with E-state index in [0.717, 1.165) is 39.1 Å². The van der Waals surface area contributed by atoms with E-state index in [1.54, 1.807) is 0 Å². The first-order valence-electron chi connectivity index (χ1n) is 5.10. The van der Waals surface area contributed by atoms with Crippen LogP contribution in [0.25, 0.3) is 0 Å². The van der Waals surface area contributed by atoms with Gasteiger partial charge in [-0.05, 0) is 0 Å². The molecule has 0 rings (SSSR count). The Hall–Kier alpha value is 1.05. The van der Waals surface area contributed by atoms with Gasteiger partial charge in [0.2, 0.25) is 0 Å². The minimum Gasteiger partial charge on any atom is -1.00 e.